The number of aliphatic hydroxyl groups excluding tert-OH is 1. The first kappa shape index (κ1) is 25.4. The van der Waals surface area contributed by atoms with E-state index in [1.54, 1.807) is 12.3 Å². The van der Waals surface area contributed by atoms with E-state index in [1.165, 1.54) is 11.8 Å². The molecule has 3 rings (SSSR count). The summed E-state index contributed by atoms with van der Waals surface area (Å²) in [4.78, 5) is 32.9. The van der Waals surface area contributed by atoms with E-state index in [-0.39, 0.29) is 31.2 Å². The molecule has 3 heterocycles. The molecule has 0 fully saturated rings. The lowest BCUT2D eigenvalue weighted by Gasteiger charge is -2.26. The lowest BCUT2D eigenvalue weighted by Crippen LogP contribution is -2.38. The van der Waals surface area contributed by atoms with Gasteiger partial charge in [-0.05, 0) is 35.8 Å². The second kappa shape index (κ2) is 10.8. The molecule has 0 aliphatic carbocycles. The number of rotatable bonds is 6. The van der Waals surface area contributed by atoms with Gasteiger partial charge in [0.1, 0.15) is 5.82 Å². The number of carbonyl (C=O) groups excluding carboxylic acids is 2. The quantitative estimate of drug-likeness (QED) is 0.566. The molecule has 12 heteroatoms. The molecule has 1 atom stereocenters. The molecule has 3 amide bonds. The maximum absolute atomic E-state index is 12.6. The van der Waals surface area contributed by atoms with Crippen molar-refractivity contribution in [2.24, 2.45) is 0 Å². The van der Waals surface area contributed by atoms with Crippen molar-refractivity contribution in [1.82, 2.24) is 20.2 Å². The monoisotopic (exact) mass is 497 g/mol. The van der Waals surface area contributed by atoms with Gasteiger partial charge in [-0.25, -0.2) is 9.78 Å². The Bertz CT molecular complexity index is 1080. The van der Waals surface area contributed by atoms with Crippen molar-refractivity contribution in [3.05, 3.63) is 58.5 Å². The van der Waals surface area contributed by atoms with Crippen LogP contribution in [0.15, 0.2) is 36.7 Å². The molecule has 0 unspecified atom stereocenters. The fraction of sp³-hybridized carbons (Fsp3) is 0.364. The molecule has 0 spiro atoms. The van der Waals surface area contributed by atoms with E-state index >= 15 is 0 Å². The predicted molar refractivity (Wildman–Crippen MR) is 120 cm³/mol. The summed E-state index contributed by atoms with van der Waals surface area (Å²) >= 11 is 6.39. The molecule has 182 valence electrons. The maximum atomic E-state index is 12.6. The zero-order valence-corrected chi connectivity index (χ0v) is 19.0. The number of alkyl halides is 3. The average molecular weight is 498 g/mol. The fourth-order valence-electron chi connectivity index (χ4n) is 3.32. The Balaban J connectivity index is 1.57. The average Bonchev–Trinajstić information content (AvgIpc) is 2.78. The van der Waals surface area contributed by atoms with E-state index in [0.717, 1.165) is 17.7 Å². The van der Waals surface area contributed by atoms with Crippen LogP contribution in [0.1, 0.15) is 30.2 Å². The van der Waals surface area contributed by atoms with Gasteiger partial charge in [-0.2, -0.15) is 13.2 Å². The van der Waals surface area contributed by atoms with Gasteiger partial charge in [0.2, 0.25) is 5.91 Å². The molecule has 2 aromatic heterocycles. The first-order valence-corrected chi connectivity index (χ1v) is 10.8. The van der Waals surface area contributed by atoms with Gasteiger partial charge >= 0.3 is 12.2 Å². The topological polar surface area (TPSA) is 107 Å². The molecule has 0 bridgehead atoms. The first-order chi connectivity index (χ1) is 16.0. The largest absolute Gasteiger partial charge is 0.417 e. The van der Waals surface area contributed by atoms with Gasteiger partial charge in [0.25, 0.3) is 0 Å². The molecule has 3 N–H and O–H groups in total. The van der Waals surface area contributed by atoms with Crippen LogP contribution in [-0.2, 0) is 17.4 Å². The normalized spacial score (nSPS) is 14.9. The van der Waals surface area contributed by atoms with Crippen LogP contribution in [0.4, 0.5) is 23.8 Å². The van der Waals surface area contributed by atoms with Gasteiger partial charge in [0, 0.05) is 45.4 Å². The number of nitrogens with zero attached hydrogens (tertiary/aromatic N) is 3. The van der Waals surface area contributed by atoms with Crippen molar-refractivity contribution in [2.75, 3.05) is 25.0 Å². The molecule has 1 aliphatic rings. The van der Waals surface area contributed by atoms with Crippen molar-refractivity contribution in [2.45, 2.75) is 32.0 Å². The van der Waals surface area contributed by atoms with E-state index in [2.05, 4.69) is 20.6 Å². The minimum atomic E-state index is -4.50. The Morgan fingerprint density at radius 1 is 1.26 bits per heavy atom. The lowest BCUT2D eigenvalue weighted by atomic mass is 10.0. The molecular weight excluding hydrogens is 475 g/mol. The third kappa shape index (κ3) is 6.91. The van der Waals surface area contributed by atoms with E-state index < -0.39 is 23.9 Å². The van der Waals surface area contributed by atoms with Crippen LogP contribution in [0.2, 0.25) is 5.02 Å². The highest BCUT2D eigenvalue weighted by atomic mass is 35.5. The molecule has 2 aromatic rings. The molecular formula is C22H23ClF3N5O3. The maximum Gasteiger partial charge on any atom is 0.417 e. The molecule has 1 aliphatic heterocycles. The van der Waals surface area contributed by atoms with Gasteiger partial charge in [-0.3, -0.25) is 15.1 Å². The number of anilines is 1. The highest BCUT2D eigenvalue weighted by Gasteiger charge is 2.30. The van der Waals surface area contributed by atoms with Crippen molar-refractivity contribution >= 4 is 34.9 Å². The highest BCUT2D eigenvalue weighted by molar-refractivity contribution is 6.32. The minimum Gasteiger partial charge on any atom is -0.391 e. The summed E-state index contributed by atoms with van der Waals surface area (Å²) in [5.41, 5.74) is 1.25. The molecule has 0 aromatic carbocycles. The van der Waals surface area contributed by atoms with E-state index in [9.17, 15) is 27.9 Å². The van der Waals surface area contributed by atoms with Crippen LogP contribution >= 0.6 is 11.6 Å². The smallest absolute Gasteiger partial charge is 0.391 e. The van der Waals surface area contributed by atoms with Gasteiger partial charge in [0.05, 0.1) is 22.4 Å². The zero-order chi connectivity index (χ0) is 24.9. The van der Waals surface area contributed by atoms with Gasteiger partial charge in [-0.15, -0.1) is 0 Å². The third-order valence-electron chi connectivity index (χ3n) is 5.08. The number of pyridine rings is 2. The Hall–Kier alpha value is -3.18. The number of aliphatic hydroxyl groups is 1. The van der Waals surface area contributed by atoms with E-state index in [0.29, 0.717) is 35.4 Å². The number of amides is 3. The Labute approximate surface area is 198 Å². The second-order valence-electron chi connectivity index (χ2n) is 7.75. The summed E-state index contributed by atoms with van der Waals surface area (Å²) in [7, 11) is 0. The fourth-order valence-corrected chi connectivity index (χ4v) is 3.63. The second-order valence-corrected chi connectivity index (χ2v) is 8.16. The summed E-state index contributed by atoms with van der Waals surface area (Å²) < 4.78 is 37.9. The summed E-state index contributed by atoms with van der Waals surface area (Å²) in [6.45, 7) is 2.11. The SMILES string of the molecule is CC(=O)NC[C@H](O)Cc1cnc(C2=CCN(C(=O)Nc3ccc(C(F)(F)F)cn3)CC2)c(Cl)c1. The zero-order valence-electron chi connectivity index (χ0n) is 18.2. The number of aromatic nitrogens is 2. The van der Waals surface area contributed by atoms with Crippen LogP contribution in [-0.4, -0.2) is 57.7 Å². The molecule has 8 nitrogen and oxygen atoms in total. The lowest BCUT2D eigenvalue weighted by molar-refractivity contribution is -0.137. The Morgan fingerprint density at radius 3 is 2.59 bits per heavy atom. The van der Waals surface area contributed by atoms with Gasteiger partial charge < -0.3 is 15.3 Å². The van der Waals surface area contributed by atoms with Crippen molar-refractivity contribution in [3.63, 3.8) is 0 Å². The van der Waals surface area contributed by atoms with E-state index in [4.69, 9.17) is 11.6 Å². The van der Waals surface area contributed by atoms with Crippen LogP contribution in [0.5, 0.6) is 0 Å². The number of urea groups is 1. The third-order valence-corrected chi connectivity index (χ3v) is 5.37. The number of hydrogen-bond acceptors (Lipinski definition) is 5. The van der Waals surface area contributed by atoms with Gasteiger partial charge in [-0.1, -0.05) is 17.7 Å². The highest BCUT2D eigenvalue weighted by Crippen LogP contribution is 2.30. The van der Waals surface area contributed by atoms with Crippen LogP contribution in [0.3, 0.4) is 0 Å². The van der Waals surface area contributed by atoms with Gasteiger partial charge in [0.15, 0.2) is 0 Å². The van der Waals surface area contributed by atoms with E-state index in [1.807, 2.05) is 6.08 Å². The summed E-state index contributed by atoms with van der Waals surface area (Å²) in [6, 6.07) is 3.18. The Morgan fingerprint density at radius 2 is 2.03 bits per heavy atom. The van der Waals surface area contributed by atoms with Crippen molar-refractivity contribution in [1.29, 1.82) is 0 Å². The van der Waals surface area contributed by atoms with Crippen LogP contribution < -0.4 is 10.6 Å². The standard InChI is InChI=1S/C22H23ClF3N5O3/c1-13(32)27-12-17(33)8-14-9-18(23)20(29-10-14)15-4-6-31(7-5-15)21(34)30-19-3-2-16(11-28-19)22(24,25)26/h2-4,9-11,17,33H,5-8,12H2,1H3,(H,27,32)(H,28,30,34)/t17-/m1/s1. The summed E-state index contributed by atoms with van der Waals surface area (Å²) in [5, 5.41) is 15.4. The molecule has 0 saturated heterocycles. The number of hydrogen-bond donors (Lipinski definition) is 3. The minimum absolute atomic E-state index is 0.0220. The van der Waals surface area contributed by atoms with Crippen LogP contribution in [0, 0.1) is 0 Å². The van der Waals surface area contributed by atoms with Crippen molar-refractivity contribution < 1.29 is 27.9 Å². The Kier molecular flexibility index (Phi) is 8.11. The molecule has 34 heavy (non-hydrogen) atoms. The number of carbonyl (C=O) groups is 2. The van der Waals surface area contributed by atoms with Crippen molar-refractivity contribution in [3.8, 4) is 0 Å². The number of halogens is 4. The number of nitrogens with one attached hydrogen (secondary N) is 2. The molecule has 0 saturated carbocycles. The first-order valence-electron chi connectivity index (χ1n) is 10.4. The predicted octanol–water partition coefficient (Wildman–Crippen LogP) is 3.51. The summed E-state index contributed by atoms with van der Waals surface area (Å²) in [5.74, 6) is -0.207. The summed E-state index contributed by atoms with van der Waals surface area (Å²) in [6.07, 6.45) is -0.433. The van der Waals surface area contributed by atoms with Crippen LogP contribution in [0.25, 0.3) is 5.57 Å². The molecule has 0 radical (unpaired) electrons.